The van der Waals surface area contributed by atoms with Crippen molar-refractivity contribution in [3.63, 3.8) is 0 Å². The zero-order valence-electron chi connectivity index (χ0n) is 15.6. The molecule has 1 aliphatic heterocycles. The van der Waals surface area contributed by atoms with Gasteiger partial charge in [0.15, 0.2) is 23.8 Å². The Balaban J connectivity index is 1.86. The third kappa shape index (κ3) is 4.23. The number of aliphatic imine (C=N–C) groups is 1. The molecule has 0 aliphatic carbocycles. The van der Waals surface area contributed by atoms with E-state index >= 15 is 0 Å². The number of carboxylic acid groups (broad SMARTS) is 1. The van der Waals surface area contributed by atoms with E-state index in [0.717, 1.165) is 16.9 Å². The molecule has 7 nitrogen and oxygen atoms in total. The number of aryl methyl sites for hydroxylation is 2. The molecule has 1 N–H and O–H groups in total. The van der Waals surface area contributed by atoms with Crippen molar-refractivity contribution in [2.24, 2.45) is 4.99 Å². The van der Waals surface area contributed by atoms with E-state index in [4.69, 9.17) is 19.3 Å². The average molecular weight is 401 g/mol. The van der Waals surface area contributed by atoms with Crippen molar-refractivity contribution in [3.05, 3.63) is 50.8 Å². The lowest BCUT2D eigenvalue weighted by Crippen LogP contribution is -2.10. The normalized spacial score (nSPS) is 14.8. The Morgan fingerprint density at radius 2 is 2.11 bits per heavy atom. The van der Waals surface area contributed by atoms with Crippen LogP contribution in [0.3, 0.4) is 0 Å². The number of hydrogen-bond donors (Lipinski definition) is 1. The maximum Gasteiger partial charge on any atom is 0.363 e. The van der Waals surface area contributed by atoms with E-state index < -0.39 is 18.5 Å². The summed E-state index contributed by atoms with van der Waals surface area (Å²) >= 11 is 1.56. The lowest BCUT2D eigenvalue weighted by molar-refractivity contribution is -0.139. The van der Waals surface area contributed by atoms with Gasteiger partial charge in [0.25, 0.3) is 0 Å². The molecule has 0 saturated heterocycles. The third-order valence-corrected chi connectivity index (χ3v) is 5.38. The number of carboxylic acids is 1. The highest BCUT2D eigenvalue weighted by Gasteiger charge is 2.26. The first-order valence-corrected chi connectivity index (χ1v) is 9.37. The molecule has 0 atom stereocenters. The molecule has 1 aromatic heterocycles. The Morgan fingerprint density at radius 3 is 2.75 bits per heavy atom. The van der Waals surface area contributed by atoms with Gasteiger partial charge >= 0.3 is 11.9 Å². The number of carbonyl (C=O) groups excluding carboxylic acids is 1. The number of cyclic esters (lactones) is 1. The van der Waals surface area contributed by atoms with Crippen LogP contribution in [-0.4, -0.2) is 36.7 Å². The maximum absolute atomic E-state index is 12.2. The second-order valence-corrected chi connectivity index (χ2v) is 7.14. The molecule has 0 unspecified atom stereocenters. The number of rotatable bonds is 7. The average Bonchev–Trinajstić information content (AvgIpc) is 3.22. The number of aliphatic carboxylic acids is 1. The molecular formula is C20H19NO6S. The van der Waals surface area contributed by atoms with Crippen molar-refractivity contribution in [3.8, 4) is 11.5 Å². The Bertz CT molecular complexity index is 989. The first kappa shape index (κ1) is 19.6. The summed E-state index contributed by atoms with van der Waals surface area (Å²) in [5.41, 5.74) is 1.98. The summed E-state index contributed by atoms with van der Waals surface area (Å²) in [6, 6.07) is 6.86. The highest BCUT2D eigenvalue weighted by molar-refractivity contribution is 7.14. The van der Waals surface area contributed by atoms with E-state index in [2.05, 4.69) is 11.9 Å². The number of carbonyl (C=O) groups is 2. The largest absolute Gasteiger partial charge is 0.493 e. The summed E-state index contributed by atoms with van der Waals surface area (Å²) in [5.74, 6) is -0.653. The van der Waals surface area contributed by atoms with Crippen molar-refractivity contribution < 1.29 is 28.9 Å². The molecule has 3 rings (SSSR count). The molecular weight excluding hydrogens is 382 g/mol. The Morgan fingerprint density at radius 1 is 1.32 bits per heavy atom. The molecule has 146 valence electrons. The number of hydrogen-bond acceptors (Lipinski definition) is 7. The van der Waals surface area contributed by atoms with Crippen molar-refractivity contribution in [1.82, 2.24) is 0 Å². The van der Waals surface area contributed by atoms with Gasteiger partial charge in [0.05, 0.1) is 12.0 Å². The zero-order valence-corrected chi connectivity index (χ0v) is 16.5. The fourth-order valence-corrected chi connectivity index (χ4v) is 3.72. The van der Waals surface area contributed by atoms with Crippen molar-refractivity contribution in [2.75, 3.05) is 13.7 Å². The number of ether oxygens (including phenoxy) is 3. The number of benzene rings is 1. The summed E-state index contributed by atoms with van der Waals surface area (Å²) in [5, 5.41) is 8.72. The van der Waals surface area contributed by atoms with Crippen LogP contribution in [-0.2, 0) is 20.7 Å². The Labute approximate surface area is 165 Å². The van der Waals surface area contributed by atoms with Gasteiger partial charge in [-0.2, -0.15) is 0 Å². The van der Waals surface area contributed by atoms with Crippen LogP contribution in [0.15, 0.2) is 35.0 Å². The molecule has 0 bridgehead atoms. The molecule has 2 heterocycles. The minimum absolute atomic E-state index is 0.181. The summed E-state index contributed by atoms with van der Waals surface area (Å²) in [6.45, 7) is 3.62. The van der Waals surface area contributed by atoms with Gasteiger partial charge in [-0.1, -0.05) is 13.0 Å². The Hall–Kier alpha value is -3.13. The smallest absolute Gasteiger partial charge is 0.363 e. The molecule has 0 spiro atoms. The monoisotopic (exact) mass is 401 g/mol. The van der Waals surface area contributed by atoms with Gasteiger partial charge in [-0.05, 0) is 48.7 Å². The van der Waals surface area contributed by atoms with Gasteiger partial charge in [-0.3, -0.25) is 0 Å². The number of esters is 1. The fourth-order valence-electron chi connectivity index (χ4n) is 2.68. The van der Waals surface area contributed by atoms with Crippen LogP contribution < -0.4 is 9.47 Å². The predicted molar refractivity (Wildman–Crippen MR) is 105 cm³/mol. The first-order chi connectivity index (χ1) is 13.4. The van der Waals surface area contributed by atoms with Crippen LogP contribution in [0.1, 0.15) is 27.8 Å². The van der Waals surface area contributed by atoms with Gasteiger partial charge in [-0.15, -0.1) is 11.3 Å². The lowest BCUT2D eigenvalue weighted by Gasteiger charge is -2.09. The lowest BCUT2D eigenvalue weighted by atomic mass is 10.1. The summed E-state index contributed by atoms with van der Waals surface area (Å²) < 4.78 is 15.7. The number of thiophene rings is 1. The SMILES string of the molecule is CCc1sc(C2=N/C(=C\c3ccc(OCC(=O)O)c(OC)c3)C(=O)O2)cc1C. The van der Waals surface area contributed by atoms with Crippen LogP contribution in [0, 0.1) is 6.92 Å². The molecule has 2 aromatic rings. The van der Waals surface area contributed by atoms with Gasteiger partial charge < -0.3 is 19.3 Å². The van der Waals surface area contributed by atoms with E-state index in [1.54, 1.807) is 35.6 Å². The molecule has 0 amide bonds. The van der Waals surface area contributed by atoms with Crippen molar-refractivity contribution >= 4 is 35.2 Å². The molecule has 8 heteroatoms. The maximum atomic E-state index is 12.2. The van der Waals surface area contributed by atoms with Crippen LogP contribution in [0.4, 0.5) is 0 Å². The highest BCUT2D eigenvalue weighted by atomic mass is 32.1. The zero-order chi connectivity index (χ0) is 20.3. The van der Waals surface area contributed by atoms with Gasteiger partial charge in [-0.25, -0.2) is 14.6 Å². The van der Waals surface area contributed by atoms with Gasteiger partial charge in [0, 0.05) is 4.88 Å². The predicted octanol–water partition coefficient (Wildman–Crippen LogP) is 3.44. The topological polar surface area (TPSA) is 94.4 Å². The van der Waals surface area contributed by atoms with E-state index in [0.29, 0.717) is 23.0 Å². The number of methoxy groups -OCH3 is 1. The van der Waals surface area contributed by atoms with E-state index in [1.807, 2.05) is 13.0 Å². The quantitative estimate of drug-likeness (QED) is 0.564. The van der Waals surface area contributed by atoms with Crippen LogP contribution >= 0.6 is 11.3 Å². The van der Waals surface area contributed by atoms with Gasteiger partial charge in [0.1, 0.15) is 0 Å². The third-order valence-electron chi connectivity index (χ3n) is 4.02. The number of nitrogens with zero attached hydrogens (tertiary/aromatic N) is 1. The fraction of sp³-hybridized carbons (Fsp3) is 0.250. The molecule has 0 fully saturated rings. The van der Waals surface area contributed by atoms with Crippen molar-refractivity contribution in [1.29, 1.82) is 0 Å². The molecule has 0 saturated carbocycles. The second kappa shape index (κ2) is 8.26. The minimum Gasteiger partial charge on any atom is -0.493 e. The first-order valence-electron chi connectivity index (χ1n) is 8.56. The molecule has 0 radical (unpaired) electrons. The summed E-state index contributed by atoms with van der Waals surface area (Å²) in [4.78, 5) is 29.2. The standard InChI is InChI=1S/C20H19NO6S/c1-4-16-11(2)7-17(28-16)19-21-13(20(24)27-19)8-12-5-6-14(15(9-12)25-3)26-10-18(22)23/h5-9H,4,10H2,1-3H3,(H,22,23)/b13-8-. The molecule has 28 heavy (non-hydrogen) atoms. The van der Waals surface area contributed by atoms with E-state index in [9.17, 15) is 9.59 Å². The van der Waals surface area contributed by atoms with Crippen LogP contribution in [0.25, 0.3) is 6.08 Å². The van der Waals surface area contributed by atoms with Crippen LogP contribution in [0.5, 0.6) is 11.5 Å². The Kier molecular flexibility index (Phi) is 5.79. The molecule has 1 aromatic carbocycles. The second-order valence-electron chi connectivity index (χ2n) is 6.00. The van der Waals surface area contributed by atoms with E-state index in [-0.39, 0.29) is 5.70 Å². The van der Waals surface area contributed by atoms with Crippen LogP contribution in [0.2, 0.25) is 0 Å². The van der Waals surface area contributed by atoms with Crippen molar-refractivity contribution in [2.45, 2.75) is 20.3 Å². The summed E-state index contributed by atoms with van der Waals surface area (Å²) in [7, 11) is 1.45. The van der Waals surface area contributed by atoms with Gasteiger partial charge in [0.2, 0.25) is 5.90 Å². The minimum atomic E-state index is -1.08. The van der Waals surface area contributed by atoms with E-state index in [1.165, 1.54) is 12.0 Å². The highest BCUT2D eigenvalue weighted by Crippen LogP contribution is 2.31. The summed E-state index contributed by atoms with van der Waals surface area (Å²) in [6.07, 6.45) is 2.50. The molecule has 1 aliphatic rings.